The Balaban J connectivity index is 1.75. The van der Waals surface area contributed by atoms with Crippen LogP contribution in [0.2, 0.25) is 0 Å². The second kappa shape index (κ2) is 9.34. The molecule has 5 heteroatoms. The first-order chi connectivity index (χ1) is 14.3. The van der Waals surface area contributed by atoms with Crippen molar-refractivity contribution in [1.29, 1.82) is 0 Å². The molecule has 0 aliphatic rings. The normalized spacial score (nSPS) is 13.0. The summed E-state index contributed by atoms with van der Waals surface area (Å²) in [5, 5.41) is 4.20. The molecule has 3 aromatic carbocycles. The molecule has 144 valence electrons. The summed E-state index contributed by atoms with van der Waals surface area (Å²) in [6, 6.07) is 29.9. The molecule has 0 fully saturated rings. The van der Waals surface area contributed by atoms with E-state index >= 15 is 0 Å². The summed E-state index contributed by atoms with van der Waals surface area (Å²) >= 11 is 1.71. The lowest BCUT2D eigenvalue weighted by molar-refractivity contribution is 0.0901. The number of hydrogen-bond donors (Lipinski definition) is 0. The lowest BCUT2D eigenvalue weighted by atomic mass is 9.90. The van der Waals surface area contributed by atoms with Gasteiger partial charge in [-0.3, -0.25) is 9.48 Å². The number of ketones is 1. The number of carbonyl (C=O) groups excluding carboxylic acids is 1. The second-order valence-electron chi connectivity index (χ2n) is 6.72. The lowest BCUT2D eigenvalue weighted by Gasteiger charge is -2.26. The fourth-order valence-corrected chi connectivity index (χ4v) is 4.61. The Labute approximate surface area is 174 Å². The average Bonchev–Trinajstić information content (AvgIpc) is 3.31. The zero-order valence-corrected chi connectivity index (χ0v) is 16.7. The van der Waals surface area contributed by atoms with E-state index in [1.54, 1.807) is 22.8 Å². The Morgan fingerprint density at radius 1 is 0.862 bits per heavy atom. The standard InChI is InChI=1S/C24H21N3OS/c28-23(19-10-4-1-5-11-19)22(16-27-18-25-17-26-27)24(20-12-6-2-7-13-20)29-21-14-8-3-9-15-21/h1-15,17-18,22,24H,16H2/t22-,24+/m0/s1. The quantitative estimate of drug-likeness (QED) is 0.298. The molecule has 0 amide bonds. The van der Waals surface area contributed by atoms with Crippen LogP contribution >= 0.6 is 11.8 Å². The zero-order valence-electron chi connectivity index (χ0n) is 15.8. The third-order valence-electron chi connectivity index (χ3n) is 4.75. The molecule has 0 bridgehead atoms. The van der Waals surface area contributed by atoms with E-state index in [1.807, 2.05) is 66.7 Å². The van der Waals surface area contributed by atoms with Crippen molar-refractivity contribution in [2.75, 3.05) is 0 Å². The maximum atomic E-state index is 13.6. The number of Topliss-reactive ketones (excluding diaryl/α,β-unsaturated/α-hetero) is 1. The molecule has 1 aromatic heterocycles. The summed E-state index contributed by atoms with van der Waals surface area (Å²) in [5.41, 5.74) is 1.84. The van der Waals surface area contributed by atoms with Crippen LogP contribution in [0.5, 0.6) is 0 Å². The monoisotopic (exact) mass is 399 g/mol. The summed E-state index contributed by atoms with van der Waals surface area (Å²) < 4.78 is 1.74. The molecule has 29 heavy (non-hydrogen) atoms. The van der Waals surface area contributed by atoms with Crippen molar-refractivity contribution >= 4 is 17.5 Å². The van der Waals surface area contributed by atoms with E-state index in [9.17, 15) is 4.79 Å². The molecule has 1 heterocycles. The maximum Gasteiger partial charge on any atom is 0.169 e. The van der Waals surface area contributed by atoms with E-state index in [1.165, 1.54) is 6.33 Å². The Hall–Kier alpha value is -3.18. The Bertz CT molecular complexity index is 1020. The summed E-state index contributed by atoms with van der Waals surface area (Å²) in [7, 11) is 0. The van der Waals surface area contributed by atoms with Crippen LogP contribution in [0.15, 0.2) is 109 Å². The molecule has 0 aliphatic heterocycles. The molecule has 0 spiro atoms. The van der Waals surface area contributed by atoms with Gasteiger partial charge < -0.3 is 0 Å². The van der Waals surface area contributed by atoms with Crippen LogP contribution in [0.25, 0.3) is 0 Å². The predicted octanol–water partition coefficient (Wildman–Crippen LogP) is 5.31. The first kappa shape index (κ1) is 19.2. The highest BCUT2D eigenvalue weighted by Crippen LogP contribution is 2.42. The molecule has 0 aliphatic carbocycles. The van der Waals surface area contributed by atoms with Gasteiger partial charge in [0.05, 0.1) is 12.5 Å². The van der Waals surface area contributed by atoms with E-state index in [4.69, 9.17) is 0 Å². The van der Waals surface area contributed by atoms with Gasteiger partial charge in [-0.15, -0.1) is 11.8 Å². The molecule has 0 saturated carbocycles. The Kier molecular flexibility index (Phi) is 6.17. The minimum Gasteiger partial charge on any atom is -0.294 e. The number of aromatic nitrogens is 3. The van der Waals surface area contributed by atoms with Gasteiger partial charge in [0, 0.05) is 15.7 Å². The van der Waals surface area contributed by atoms with Gasteiger partial charge in [0.1, 0.15) is 12.7 Å². The number of thioether (sulfide) groups is 1. The summed E-state index contributed by atoms with van der Waals surface area (Å²) in [4.78, 5) is 18.8. The molecule has 2 atom stereocenters. The maximum absolute atomic E-state index is 13.6. The zero-order chi connectivity index (χ0) is 19.9. The van der Waals surface area contributed by atoms with Gasteiger partial charge in [-0.1, -0.05) is 78.9 Å². The number of nitrogens with zero attached hydrogens (tertiary/aromatic N) is 3. The highest BCUT2D eigenvalue weighted by molar-refractivity contribution is 7.99. The van der Waals surface area contributed by atoms with Crippen molar-refractivity contribution in [2.45, 2.75) is 16.7 Å². The van der Waals surface area contributed by atoms with Gasteiger partial charge in [-0.25, -0.2) is 4.98 Å². The predicted molar refractivity (Wildman–Crippen MR) is 116 cm³/mol. The number of benzene rings is 3. The van der Waals surface area contributed by atoms with Gasteiger partial charge in [0.15, 0.2) is 5.78 Å². The molecule has 0 unspecified atom stereocenters. The van der Waals surface area contributed by atoms with Crippen LogP contribution in [0.1, 0.15) is 21.2 Å². The molecular formula is C24H21N3OS. The minimum absolute atomic E-state index is 0.0597. The average molecular weight is 400 g/mol. The molecule has 4 rings (SSSR count). The van der Waals surface area contributed by atoms with Gasteiger partial charge in [0.25, 0.3) is 0 Å². The van der Waals surface area contributed by atoms with Gasteiger partial charge >= 0.3 is 0 Å². The van der Waals surface area contributed by atoms with E-state index < -0.39 is 0 Å². The van der Waals surface area contributed by atoms with Crippen molar-refractivity contribution in [3.63, 3.8) is 0 Å². The number of rotatable bonds is 8. The lowest BCUT2D eigenvalue weighted by Crippen LogP contribution is -2.26. The van der Waals surface area contributed by atoms with E-state index in [0.717, 1.165) is 10.5 Å². The molecule has 0 radical (unpaired) electrons. The Morgan fingerprint density at radius 2 is 1.48 bits per heavy atom. The fraction of sp³-hybridized carbons (Fsp3) is 0.125. The summed E-state index contributed by atoms with van der Waals surface area (Å²) in [6.45, 7) is 0.465. The van der Waals surface area contributed by atoms with Gasteiger partial charge in [-0.05, 0) is 17.7 Å². The summed E-state index contributed by atoms with van der Waals surface area (Å²) in [6.07, 6.45) is 3.17. The molecule has 0 saturated heterocycles. The minimum atomic E-state index is -0.299. The van der Waals surface area contributed by atoms with E-state index in [-0.39, 0.29) is 17.0 Å². The van der Waals surface area contributed by atoms with Crippen LogP contribution in [0.3, 0.4) is 0 Å². The third kappa shape index (κ3) is 4.81. The topological polar surface area (TPSA) is 47.8 Å². The summed E-state index contributed by atoms with van der Waals surface area (Å²) in [5.74, 6) is -0.190. The number of hydrogen-bond acceptors (Lipinski definition) is 4. The first-order valence-electron chi connectivity index (χ1n) is 9.49. The third-order valence-corrected chi connectivity index (χ3v) is 6.14. The number of carbonyl (C=O) groups is 1. The smallest absolute Gasteiger partial charge is 0.169 e. The van der Waals surface area contributed by atoms with Crippen LogP contribution in [0, 0.1) is 5.92 Å². The van der Waals surface area contributed by atoms with Crippen molar-refractivity contribution in [3.8, 4) is 0 Å². The van der Waals surface area contributed by atoms with Crippen molar-refractivity contribution in [3.05, 3.63) is 115 Å². The molecule has 4 nitrogen and oxygen atoms in total. The largest absolute Gasteiger partial charge is 0.294 e. The second-order valence-corrected chi connectivity index (χ2v) is 7.93. The van der Waals surface area contributed by atoms with Crippen LogP contribution in [-0.2, 0) is 6.54 Å². The van der Waals surface area contributed by atoms with Gasteiger partial charge in [-0.2, -0.15) is 5.10 Å². The van der Waals surface area contributed by atoms with Gasteiger partial charge in [0.2, 0.25) is 0 Å². The van der Waals surface area contributed by atoms with Crippen molar-refractivity contribution in [2.24, 2.45) is 5.92 Å². The molecular weight excluding hydrogens is 378 g/mol. The molecule has 0 N–H and O–H groups in total. The van der Waals surface area contributed by atoms with Crippen LogP contribution in [-0.4, -0.2) is 20.5 Å². The van der Waals surface area contributed by atoms with Crippen LogP contribution < -0.4 is 0 Å². The molecule has 4 aromatic rings. The first-order valence-corrected chi connectivity index (χ1v) is 10.4. The SMILES string of the molecule is O=C(c1ccccc1)[C@H](Cn1cncn1)[C@H](Sc1ccccc1)c1ccccc1. The highest BCUT2D eigenvalue weighted by Gasteiger charge is 2.32. The highest BCUT2D eigenvalue weighted by atomic mass is 32.2. The Morgan fingerprint density at radius 3 is 2.10 bits per heavy atom. The fourth-order valence-electron chi connectivity index (χ4n) is 3.33. The van der Waals surface area contributed by atoms with E-state index in [0.29, 0.717) is 12.1 Å². The van der Waals surface area contributed by atoms with Crippen molar-refractivity contribution in [1.82, 2.24) is 14.8 Å². The van der Waals surface area contributed by atoms with Crippen LogP contribution in [0.4, 0.5) is 0 Å². The van der Waals surface area contributed by atoms with Crippen molar-refractivity contribution < 1.29 is 4.79 Å². The van der Waals surface area contributed by atoms with E-state index in [2.05, 4.69) is 34.3 Å².